The Labute approximate surface area is 173 Å². The lowest BCUT2D eigenvalue weighted by atomic mass is 10.2. The first-order valence-electron chi connectivity index (χ1n) is 9.68. The van der Waals surface area contributed by atoms with Gasteiger partial charge in [0.05, 0.1) is 4.90 Å². The van der Waals surface area contributed by atoms with Crippen molar-refractivity contribution in [3.63, 3.8) is 0 Å². The van der Waals surface area contributed by atoms with E-state index >= 15 is 0 Å². The number of hydrogen-bond acceptors (Lipinski definition) is 6. The summed E-state index contributed by atoms with van der Waals surface area (Å²) in [4.78, 5) is 40.6. The fraction of sp³-hybridized carbons (Fsp3) is 0.421. The van der Waals surface area contributed by atoms with Crippen LogP contribution in [0.3, 0.4) is 0 Å². The van der Waals surface area contributed by atoms with Gasteiger partial charge in [0.15, 0.2) is 5.69 Å². The molecule has 1 amide bonds. The van der Waals surface area contributed by atoms with Crippen molar-refractivity contribution < 1.29 is 13.2 Å². The van der Waals surface area contributed by atoms with Crippen molar-refractivity contribution in [2.24, 2.45) is 0 Å². The predicted molar refractivity (Wildman–Crippen MR) is 113 cm³/mol. The van der Waals surface area contributed by atoms with Crippen LogP contribution >= 0.6 is 0 Å². The first-order chi connectivity index (χ1) is 14.2. The predicted octanol–water partition coefficient (Wildman–Crippen LogP) is 0.636. The number of anilines is 2. The van der Waals surface area contributed by atoms with Gasteiger partial charge in [-0.3, -0.25) is 19.1 Å². The van der Waals surface area contributed by atoms with Gasteiger partial charge in [-0.05, 0) is 37.5 Å². The summed E-state index contributed by atoms with van der Waals surface area (Å²) in [6.45, 7) is 2.25. The molecule has 0 atom stereocenters. The highest BCUT2D eigenvalue weighted by Crippen LogP contribution is 2.23. The normalized spacial score (nSPS) is 13.9. The number of nitrogens with zero attached hydrogens (tertiary/aromatic N) is 2. The van der Waals surface area contributed by atoms with Crippen LogP contribution in [0.5, 0.6) is 0 Å². The fourth-order valence-electron chi connectivity index (χ4n) is 3.02. The number of aromatic nitrogens is 2. The third kappa shape index (κ3) is 4.46. The second-order valence-electron chi connectivity index (χ2n) is 7.29. The number of nitrogens with two attached hydrogens (primary N) is 1. The highest BCUT2D eigenvalue weighted by Gasteiger charge is 2.29. The minimum atomic E-state index is -3.74. The second-order valence-corrected chi connectivity index (χ2v) is 9.00. The maximum atomic E-state index is 13.0. The van der Waals surface area contributed by atoms with E-state index in [1.807, 2.05) is 6.92 Å². The summed E-state index contributed by atoms with van der Waals surface area (Å²) in [5, 5.41) is 0. The van der Waals surface area contributed by atoms with Gasteiger partial charge < -0.3 is 10.6 Å². The zero-order valence-electron chi connectivity index (χ0n) is 16.8. The molecule has 3 rings (SSSR count). The largest absolute Gasteiger partial charge is 0.383 e. The van der Waals surface area contributed by atoms with Gasteiger partial charge in [0.25, 0.3) is 11.5 Å². The van der Waals surface area contributed by atoms with E-state index in [1.165, 1.54) is 35.9 Å². The zero-order valence-corrected chi connectivity index (χ0v) is 17.7. The molecule has 1 aliphatic carbocycles. The van der Waals surface area contributed by atoms with Gasteiger partial charge in [-0.2, -0.15) is 0 Å². The van der Waals surface area contributed by atoms with Gasteiger partial charge in [-0.25, -0.2) is 17.9 Å². The molecular weight excluding hydrogens is 410 g/mol. The van der Waals surface area contributed by atoms with Crippen molar-refractivity contribution in [2.75, 3.05) is 17.7 Å². The van der Waals surface area contributed by atoms with Gasteiger partial charge in [-0.15, -0.1) is 0 Å². The minimum absolute atomic E-state index is 0.0385. The van der Waals surface area contributed by atoms with Crippen molar-refractivity contribution in [3.05, 3.63) is 50.7 Å². The Kier molecular flexibility index (Phi) is 6.13. The minimum Gasteiger partial charge on any atom is -0.383 e. The molecule has 11 heteroatoms. The number of nitrogens with one attached hydrogen (secondary N) is 2. The lowest BCUT2D eigenvalue weighted by Crippen LogP contribution is -2.39. The van der Waals surface area contributed by atoms with Crippen LogP contribution in [0.2, 0.25) is 0 Å². The van der Waals surface area contributed by atoms with E-state index in [9.17, 15) is 22.8 Å². The zero-order chi connectivity index (χ0) is 22.1. The Balaban J connectivity index is 1.95. The Morgan fingerprint density at radius 3 is 2.67 bits per heavy atom. The number of sulfonamides is 1. The summed E-state index contributed by atoms with van der Waals surface area (Å²) in [7, 11) is -2.39. The Morgan fingerprint density at radius 1 is 1.33 bits per heavy atom. The molecule has 1 aliphatic rings. The topological polar surface area (TPSA) is 147 Å². The molecule has 0 spiro atoms. The summed E-state index contributed by atoms with van der Waals surface area (Å²) >= 11 is 0. The number of nitrogen functional groups attached to an aromatic ring is 1. The van der Waals surface area contributed by atoms with Crippen molar-refractivity contribution in [1.29, 1.82) is 0 Å². The van der Waals surface area contributed by atoms with Crippen LogP contribution in [0.4, 0.5) is 11.5 Å². The molecule has 1 aromatic heterocycles. The monoisotopic (exact) mass is 435 g/mol. The number of amides is 1. The molecule has 162 valence electrons. The maximum absolute atomic E-state index is 13.0. The van der Waals surface area contributed by atoms with E-state index in [4.69, 9.17) is 5.73 Å². The first-order valence-corrected chi connectivity index (χ1v) is 11.2. The molecule has 0 saturated heterocycles. The van der Waals surface area contributed by atoms with Gasteiger partial charge in [-0.1, -0.05) is 19.4 Å². The van der Waals surface area contributed by atoms with E-state index in [0.717, 1.165) is 24.2 Å². The molecule has 4 N–H and O–H groups in total. The number of aromatic amines is 1. The van der Waals surface area contributed by atoms with Crippen molar-refractivity contribution in [1.82, 2.24) is 14.3 Å². The van der Waals surface area contributed by atoms with Crippen LogP contribution in [0.1, 0.15) is 43.0 Å². The summed E-state index contributed by atoms with van der Waals surface area (Å²) in [6.07, 6.45) is 3.05. The quantitative estimate of drug-likeness (QED) is 0.554. The molecule has 1 aromatic carbocycles. The first kappa shape index (κ1) is 21.8. The van der Waals surface area contributed by atoms with Crippen LogP contribution in [0, 0.1) is 0 Å². The third-order valence-electron chi connectivity index (χ3n) is 4.88. The number of rotatable bonds is 8. The molecule has 0 bridgehead atoms. The lowest BCUT2D eigenvalue weighted by Gasteiger charge is -2.20. The Bertz CT molecular complexity index is 1180. The van der Waals surface area contributed by atoms with Crippen molar-refractivity contribution in [3.8, 4) is 0 Å². The number of H-pyrrole nitrogens is 1. The van der Waals surface area contributed by atoms with Crippen LogP contribution in [0.25, 0.3) is 0 Å². The highest BCUT2D eigenvalue weighted by atomic mass is 32.2. The summed E-state index contributed by atoms with van der Waals surface area (Å²) in [5.74, 6) is -0.747. The van der Waals surface area contributed by atoms with E-state index < -0.39 is 27.2 Å². The number of carbonyl (C=O) groups is 1. The fourth-order valence-corrected chi connectivity index (χ4v) is 4.37. The van der Waals surface area contributed by atoms with Gasteiger partial charge >= 0.3 is 5.69 Å². The van der Waals surface area contributed by atoms with Crippen molar-refractivity contribution in [2.45, 2.75) is 50.1 Å². The highest BCUT2D eigenvalue weighted by molar-refractivity contribution is 7.89. The molecule has 10 nitrogen and oxygen atoms in total. The number of hydrogen-bond donors (Lipinski definition) is 3. The van der Waals surface area contributed by atoms with E-state index in [2.05, 4.69) is 9.71 Å². The van der Waals surface area contributed by atoms with Gasteiger partial charge in [0, 0.05) is 25.2 Å². The maximum Gasteiger partial charge on any atom is 0.330 e. The molecule has 2 aromatic rings. The molecule has 30 heavy (non-hydrogen) atoms. The molecular formula is C19H25N5O5S. The molecule has 1 heterocycles. The Hall–Kier alpha value is -2.92. The molecule has 0 radical (unpaired) electrons. The molecule has 1 fully saturated rings. The standard InChI is InChI=1S/C19H25N5O5S/c1-3-4-10-24-16(20)15(17(25)21-19(24)27)23(2)18(26)12-6-5-7-14(11-12)30(28,29)22-13-8-9-13/h5-7,11,13,22H,3-4,8-10,20H2,1-2H3,(H,21,25,27). The smallest absolute Gasteiger partial charge is 0.330 e. The van der Waals surface area contributed by atoms with Gasteiger partial charge in [0.1, 0.15) is 5.82 Å². The summed E-state index contributed by atoms with van der Waals surface area (Å²) < 4.78 is 28.6. The Morgan fingerprint density at radius 2 is 2.03 bits per heavy atom. The van der Waals surface area contributed by atoms with E-state index in [-0.39, 0.29) is 28.0 Å². The average molecular weight is 436 g/mol. The number of carbonyl (C=O) groups excluding carboxylic acids is 1. The second kappa shape index (κ2) is 8.44. The van der Waals surface area contributed by atoms with Crippen LogP contribution in [0.15, 0.2) is 38.8 Å². The molecule has 1 saturated carbocycles. The van der Waals surface area contributed by atoms with Crippen LogP contribution in [-0.4, -0.2) is 37.0 Å². The molecule has 0 aliphatic heterocycles. The summed E-state index contributed by atoms with van der Waals surface area (Å²) in [5.41, 5.74) is 4.52. The van der Waals surface area contributed by atoms with E-state index in [1.54, 1.807) is 0 Å². The average Bonchev–Trinajstić information content (AvgIpc) is 3.50. The summed E-state index contributed by atoms with van der Waals surface area (Å²) in [6, 6.07) is 5.49. The van der Waals surface area contributed by atoms with Crippen LogP contribution in [-0.2, 0) is 16.6 Å². The van der Waals surface area contributed by atoms with Crippen molar-refractivity contribution >= 4 is 27.4 Å². The number of benzene rings is 1. The molecule has 0 unspecified atom stereocenters. The third-order valence-corrected chi connectivity index (χ3v) is 6.40. The van der Waals surface area contributed by atoms with E-state index in [0.29, 0.717) is 13.0 Å². The lowest BCUT2D eigenvalue weighted by molar-refractivity contribution is 0.0992. The van der Waals surface area contributed by atoms with Gasteiger partial charge in [0.2, 0.25) is 10.0 Å². The van der Waals surface area contributed by atoms with Crippen LogP contribution < -0.4 is 26.6 Å². The SMILES string of the molecule is CCCCn1c(N)c(N(C)C(=O)c2cccc(S(=O)(=O)NC3CC3)c2)c(=O)[nH]c1=O. The number of unbranched alkanes of at least 4 members (excludes halogenated alkanes) is 1.